The van der Waals surface area contributed by atoms with Crippen molar-refractivity contribution in [3.63, 3.8) is 0 Å². The summed E-state index contributed by atoms with van der Waals surface area (Å²) in [5, 5.41) is 30.5. The number of amides is 2. The van der Waals surface area contributed by atoms with Crippen LogP contribution in [-0.2, 0) is 42.1 Å². The quantitative estimate of drug-likeness (QED) is 0.0312. The van der Waals surface area contributed by atoms with Crippen LogP contribution in [0.1, 0.15) is 163 Å². The van der Waals surface area contributed by atoms with E-state index >= 15 is 0 Å². The summed E-state index contributed by atoms with van der Waals surface area (Å²) in [4.78, 5) is 96.2. The SMILES string of the molecule is CC#N.CC(C)(C)N.CC(C)(C)N.CC[C@H]1O[C@@H](n2cnc3c(=O)[nH]c(NC(=O)C(C)C)nc32)[C@H](OC(=O)O)[C@@H]1O[Si](C)(C)C(C)(C)C.CC[C@H]1O[C@@H](n2cnc3c(=O)[nH]c(NC(=O)C(C)C)nc32)[C@H](OC(=O)OCCC#N)[C@@H]1O[Si](C)(C)C(C)(C)C. The number of anilines is 2. The third-order valence-corrected chi connectivity index (χ3v) is 22.6. The van der Waals surface area contributed by atoms with Gasteiger partial charge in [0.05, 0.1) is 43.4 Å². The van der Waals surface area contributed by atoms with Gasteiger partial charge in [0.25, 0.3) is 11.1 Å². The number of imidazole rings is 2. The molecule has 0 bridgehead atoms. The van der Waals surface area contributed by atoms with E-state index < -0.39 is 89.1 Å². The average Bonchev–Trinajstić information content (AvgIpc) is 1.64. The highest BCUT2D eigenvalue weighted by Crippen LogP contribution is 2.45. The van der Waals surface area contributed by atoms with Gasteiger partial charge in [-0.2, -0.15) is 20.5 Å². The zero-order valence-corrected chi connectivity index (χ0v) is 57.2. The summed E-state index contributed by atoms with van der Waals surface area (Å²) in [6, 6.07) is 3.66. The van der Waals surface area contributed by atoms with Crippen LogP contribution >= 0.6 is 0 Å². The molecule has 9 N–H and O–H groups in total. The number of nitriles is 2. The van der Waals surface area contributed by atoms with Crippen molar-refractivity contribution >= 4 is 75.0 Å². The molecule has 0 radical (unpaired) electrons. The molecule has 488 valence electrons. The van der Waals surface area contributed by atoms with Crippen LogP contribution in [0.25, 0.3) is 22.3 Å². The van der Waals surface area contributed by atoms with E-state index in [1.807, 2.05) is 61.5 Å². The van der Waals surface area contributed by atoms with Crippen molar-refractivity contribution in [2.24, 2.45) is 23.3 Å². The molecular formula is C57H98N14O14Si2. The van der Waals surface area contributed by atoms with Gasteiger partial charge in [-0.1, -0.05) is 83.1 Å². The standard InChI is InChI=1S/C25H38N6O7Si.C22H35N5O7Si.2C4H11N.C2H3N/c1-9-15-17(38-39(7,8)25(4,5)6)18(37-24(34)35-12-10-11-26)22(36-15)31-13-27-16-19(31)28-23(30-21(16)33)29-20(32)14(2)3;1-9-12-14(34-35(7,8)22(4,5)6)15(33-21(30)31)19(32-12)27-10-23-13-16(27)24-20(26-18(13)29)25-17(28)11(2)3;2*1-4(2,3)5;1-2-3/h13-15,17-18,22H,9-10,12H2,1-8H3,(H2,28,29,30,32,33);10-12,14-15,19H,9H2,1-8H3,(H,30,31)(H2,24,25,26,28,29);2*5H2,1-3H3;1H3/t15-,17-,18-,22-;12-,14-,15-,19-;;;/m11.../s1. The van der Waals surface area contributed by atoms with Crippen molar-refractivity contribution in [3.8, 4) is 12.1 Å². The number of ether oxygens (including phenoxy) is 5. The Morgan fingerprint density at radius 1 is 0.678 bits per heavy atom. The minimum atomic E-state index is -2.37. The Kier molecular flexibility index (Phi) is 27.7. The minimum absolute atomic E-state index is 0. The highest BCUT2D eigenvalue weighted by molar-refractivity contribution is 6.74. The molecule has 0 unspecified atom stereocenters. The van der Waals surface area contributed by atoms with Gasteiger partial charge in [0.15, 0.2) is 63.6 Å². The number of fused-ring (bicyclic) bond motifs is 2. The van der Waals surface area contributed by atoms with E-state index in [0.717, 1.165) is 0 Å². The molecule has 2 fully saturated rings. The van der Waals surface area contributed by atoms with Gasteiger partial charge in [-0.05, 0) is 90.6 Å². The van der Waals surface area contributed by atoms with Gasteiger partial charge in [-0.3, -0.25) is 48.9 Å². The highest BCUT2D eigenvalue weighted by atomic mass is 28.4. The summed E-state index contributed by atoms with van der Waals surface area (Å²) in [6.45, 7) is 44.7. The fourth-order valence-corrected chi connectivity index (χ4v) is 10.0. The normalized spacial score (nSPS) is 20.5. The smallest absolute Gasteiger partial charge is 0.450 e. The van der Waals surface area contributed by atoms with Crippen molar-refractivity contribution < 1.29 is 56.8 Å². The zero-order valence-electron chi connectivity index (χ0n) is 55.2. The van der Waals surface area contributed by atoms with E-state index in [0.29, 0.717) is 12.8 Å². The van der Waals surface area contributed by atoms with E-state index in [4.69, 9.17) is 54.5 Å². The number of nitrogens with one attached hydrogen (secondary N) is 4. The largest absolute Gasteiger partial charge is 0.508 e. The Morgan fingerprint density at radius 3 is 1.30 bits per heavy atom. The lowest BCUT2D eigenvalue weighted by atomic mass is 10.1. The van der Waals surface area contributed by atoms with Gasteiger partial charge < -0.3 is 49.1 Å². The Balaban J connectivity index is 0.000000495. The topological polar surface area (TPSA) is 404 Å². The van der Waals surface area contributed by atoms with E-state index in [-0.39, 0.29) is 92.1 Å². The number of aromatic amines is 2. The van der Waals surface area contributed by atoms with Gasteiger partial charge in [0.1, 0.15) is 18.8 Å². The molecule has 30 heteroatoms. The Morgan fingerprint density at radius 2 is 1.01 bits per heavy atom. The molecule has 6 heterocycles. The number of H-pyrrole nitrogens is 2. The van der Waals surface area contributed by atoms with Crippen LogP contribution in [0, 0.1) is 34.5 Å². The molecular weight excluding hydrogens is 1160 g/mol. The van der Waals surface area contributed by atoms with Crippen LogP contribution in [0.3, 0.4) is 0 Å². The first-order valence-corrected chi connectivity index (χ1v) is 34.8. The van der Waals surface area contributed by atoms with Crippen LogP contribution in [0.2, 0.25) is 36.3 Å². The first kappa shape index (κ1) is 76.5. The molecule has 6 rings (SSSR count). The predicted octanol–water partition coefficient (Wildman–Crippen LogP) is 9.34. The maximum atomic E-state index is 12.8. The second-order valence-electron chi connectivity index (χ2n) is 26.8. The molecule has 2 saturated heterocycles. The number of hydrogen-bond donors (Lipinski definition) is 7. The number of hydrogen-bond acceptors (Lipinski definition) is 21. The molecule has 0 spiro atoms. The zero-order chi connectivity index (χ0) is 67.1. The Hall–Kier alpha value is -6.65. The van der Waals surface area contributed by atoms with Crippen LogP contribution in [-0.4, -0.2) is 139 Å². The van der Waals surface area contributed by atoms with E-state index in [1.165, 1.54) is 28.7 Å². The third-order valence-electron chi connectivity index (χ3n) is 13.7. The summed E-state index contributed by atoms with van der Waals surface area (Å²) in [5.74, 6) is -1.39. The van der Waals surface area contributed by atoms with Gasteiger partial charge in [0.2, 0.25) is 23.7 Å². The molecule has 8 atom stereocenters. The number of nitrogens with zero attached hydrogens (tertiary/aromatic N) is 8. The Labute approximate surface area is 512 Å². The summed E-state index contributed by atoms with van der Waals surface area (Å²) < 4.78 is 45.1. The molecule has 0 aliphatic carbocycles. The number of rotatable bonds is 16. The average molecular weight is 1260 g/mol. The van der Waals surface area contributed by atoms with Crippen LogP contribution in [0.15, 0.2) is 22.2 Å². The number of carbonyl (C=O) groups excluding carboxylic acids is 3. The molecule has 28 nitrogen and oxygen atoms in total. The maximum Gasteiger partial charge on any atom is 0.508 e. The molecule has 2 aliphatic heterocycles. The van der Waals surface area contributed by atoms with Crippen molar-refractivity contribution in [2.45, 2.75) is 247 Å². The molecule has 0 aromatic carbocycles. The van der Waals surface area contributed by atoms with Crippen molar-refractivity contribution in [2.75, 3.05) is 17.2 Å². The maximum absolute atomic E-state index is 12.8. The summed E-state index contributed by atoms with van der Waals surface area (Å²) in [5.41, 5.74) is 9.91. The molecule has 4 aromatic heterocycles. The van der Waals surface area contributed by atoms with Crippen molar-refractivity contribution in [3.05, 3.63) is 33.4 Å². The summed E-state index contributed by atoms with van der Waals surface area (Å²) in [6.07, 6.45) is -4.76. The monoisotopic (exact) mass is 1260 g/mol. The summed E-state index contributed by atoms with van der Waals surface area (Å²) >= 11 is 0. The van der Waals surface area contributed by atoms with E-state index in [2.05, 4.69) is 108 Å². The second-order valence-corrected chi connectivity index (χ2v) is 36.3. The lowest BCUT2D eigenvalue weighted by molar-refractivity contribution is -0.119. The Bertz CT molecular complexity index is 3110. The number of carboxylic acid groups (broad SMARTS) is 1. The van der Waals surface area contributed by atoms with Crippen LogP contribution < -0.4 is 33.2 Å². The number of nitrogens with two attached hydrogens (primary N) is 2. The molecule has 4 aromatic rings. The molecule has 0 saturated carbocycles. The van der Waals surface area contributed by atoms with Gasteiger partial charge in [-0.15, -0.1) is 0 Å². The summed E-state index contributed by atoms with van der Waals surface area (Å²) in [7, 11) is -4.70. The minimum Gasteiger partial charge on any atom is -0.450 e. The first-order chi connectivity index (χ1) is 39.8. The fourth-order valence-electron chi connectivity index (χ4n) is 7.40. The highest BCUT2D eigenvalue weighted by Gasteiger charge is 2.54. The van der Waals surface area contributed by atoms with Crippen molar-refractivity contribution in [1.29, 1.82) is 10.5 Å². The second kappa shape index (κ2) is 31.5. The molecule has 2 amide bonds. The molecule has 2 aliphatic rings. The van der Waals surface area contributed by atoms with Crippen LogP contribution in [0.5, 0.6) is 0 Å². The predicted molar refractivity (Wildman–Crippen MR) is 334 cm³/mol. The van der Waals surface area contributed by atoms with Gasteiger partial charge >= 0.3 is 12.3 Å². The molecule has 87 heavy (non-hydrogen) atoms. The first-order valence-electron chi connectivity index (χ1n) is 29.0. The van der Waals surface area contributed by atoms with E-state index in [9.17, 15) is 33.9 Å². The number of aromatic nitrogens is 8. The van der Waals surface area contributed by atoms with E-state index in [1.54, 1.807) is 33.8 Å². The van der Waals surface area contributed by atoms with Gasteiger partial charge in [-0.25, -0.2) is 19.6 Å². The lowest BCUT2D eigenvalue weighted by Gasteiger charge is -2.40. The van der Waals surface area contributed by atoms with Crippen molar-refractivity contribution in [1.82, 2.24) is 39.0 Å². The third kappa shape index (κ3) is 22.8. The van der Waals surface area contributed by atoms with Gasteiger partial charge in [0, 0.05) is 29.8 Å². The lowest BCUT2D eigenvalue weighted by Crippen LogP contribution is -2.50. The fraction of sp³-hybridized carbons (Fsp3) is 0.719. The van der Waals surface area contributed by atoms with Crippen LogP contribution in [0.4, 0.5) is 21.5 Å². The number of carbonyl (C=O) groups is 4.